The minimum Gasteiger partial charge on any atom is -0.299 e. The predicted molar refractivity (Wildman–Crippen MR) is 18.9 cm³/mol. The van der Waals surface area contributed by atoms with E-state index in [0.717, 1.165) is 0 Å². The summed E-state index contributed by atoms with van der Waals surface area (Å²) in [5.41, 5.74) is 0. The first-order valence-corrected chi connectivity index (χ1v) is 2.25. The normalized spacial score (nSPS) is 8.43. The second-order valence-electron chi connectivity index (χ2n) is 0.473. The molecule has 0 aromatic heterocycles. The fourth-order valence-electron chi connectivity index (χ4n) is 0. The number of hydrogen-bond acceptors (Lipinski definition) is 1. The van der Waals surface area contributed by atoms with Crippen molar-refractivity contribution in [2.24, 2.45) is 0 Å². The Morgan fingerprint density at radius 1 is 1.43 bits per heavy atom. The maximum Gasteiger partial charge on any atom is 0.507 e. The first-order chi connectivity index (χ1) is 2.00. The third-order valence-corrected chi connectivity index (χ3v) is 0. The second-order valence-corrected chi connectivity index (χ2v) is 1.42. The van der Waals surface area contributed by atoms with E-state index in [-0.39, 0.29) is 48.1 Å². The van der Waals surface area contributed by atoms with E-state index in [0.29, 0.717) is 0 Å². The molecular formula is H2FNaO3PV. The predicted octanol–water partition coefficient (Wildman–Crippen LogP) is -0.335. The molecule has 0 atom stereocenters. The van der Waals surface area contributed by atoms with Gasteiger partial charge in [0.1, 0.15) is 0 Å². The van der Waals surface area contributed by atoms with E-state index in [1.807, 2.05) is 0 Å². The van der Waals surface area contributed by atoms with Crippen LogP contribution in [0.2, 0.25) is 0 Å². The van der Waals surface area contributed by atoms with Crippen LogP contribution in [0.1, 0.15) is 0 Å². The van der Waals surface area contributed by atoms with E-state index >= 15 is 0 Å². The molecule has 0 rings (SSSR count). The third-order valence-electron chi connectivity index (χ3n) is 0. The van der Waals surface area contributed by atoms with Crippen LogP contribution in [0.5, 0.6) is 0 Å². The fourth-order valence-corrected chi connectivity index (χ4v) is 0. The molecule has 0 aromatic carbocycles. The van der Waals surface area contributed by atoms with Crippen molar-refractivity contribution >= 4 is 37.5 Å². The van der Waals surface area contributed by atoms with Gasteiger partial charge in [-0.25, -0.2) is 4.57 Å². The van der Waals surface area contributed by atoms with Crippen molar-refractivity contribution in [1.29, 1.82) is 0 Å². The molecule has 38 valence electrons. The standard InChI is InChI=1S/FH2O3P.Na.V/c1-5(2,3)4;;/h(H2,2,3,4);;. The molecular weight excluding hydrogens is 172 g/mol. The quantitative estimate of drug-likeness (QED) is 0.390. The molecule has 3 nitrogen and oxygen atoms in total. The Morgan fingerprint density at radius 2 is 1.43 bits per heavy atom. The fraction of sp³-hybridized carbons (Fsp3) is 0. The van der Waals surface area contributed by atoms with Crippen LogP contribution in [-0.4, -0.2) is 39.3 Å². The molecule has 0 saturated carbocycles. The summed E-state index contributed by atoms with van der Waals surface area (Å²) in [5.74, 6) is 0. The molecule has 0 unspecified atom stereocenters. The molecule has 2 N–H and O–H groups in total. The molecule has 0 bridgehead atoms. The molecule has 7 heavy (non-hydrogen) atoms. The van der Waals surface area contributed by atoms with Gasteiger partial charge in [0.15, 0.2) is 0 Å². The third kappa shape index (κ3) is 88.8. The van der Waals surface area contributed by atoms with Gasteiger partial charge in [-0.2, -0.15) is 0 Å². The summed E-state index contributed by atoms with van der Waals surface area (Å²) in [6, 6.07) is 0. The zero-order chi connectivity index (χ0) is 4.50. The first kappa shape index (κ1) is 15.9. The smallest absolute Gasteiger partial charge is 0.299 e. The van der Waals surface area contributed by atoms with Crippen molar-refractivity contribution in [2.75, 3.05) is 0 Å². The maximum absolute atomic E-state index is 10.4. The van der Waals surface area contributed by atoms with Crippen LogP contribution in [0.4, 0.5) is 4.20 Å². The van der Waals surface area contributed by atoms with Gasteiger partial charge in [-0.3, -0.25) is 9.79 Å². The van der Waals surface area contributed by atoms with E-state index < -0.39 is 7.91 Å². The summed E-state index contributed by atoms with van der Waals surface area (Å²) in [5, 5.41) is 0. The van der Waals surface area contributed by atoms with Crippen molar-refractivity contribution in [3.05, 3.63) is 0 Å². The molecule has 0 heterocycles. The van der Waals surface area contributed by atoms with Crippen molar-refractivity contribution < 1.29 is 37.1 Å². The largest absolute Gasteiger partial charge is 0.507 e. The summed E-state index contributed by atoms with van der Waals surface area (Å²) >= 11 is 0. The van der Waals surface area contributed by atoms with Crippen molar-refractivity contribution in [1.82, 2.24) is 0 Å². The van der Waals surface area contributed by atoms with Crippen molar-refractivity contribution in [2.45, 2.75) is 0 Å². The molecule has 0 spiro atoms. The van der Waals surface area contributed by atoms with E-state index in [1.165, 1.54) is 0 Å². The van der Waals surface area contributed by atoms with Crippen molar-refractivity contribution in [3.8, 4) is 0 Å². The second kappa shape index (κ2) is 5.79. The van der Waals surface area contributed by atoms with Crippen molar-refractivity contribution in [3.63, 3.8) is 0 Å². The van der Waals surface area contributed by atoms with Crippen LogP contribution in [0.3, 0.4) is 0 Å². The van der Waals surface area contributed by atoms with Gasteiger partial charge in [0.2, 0.25) is 0 Å². The number of hydrogen-bond donors (Lipinski definition) is 2. The van der Waals surface area contributed by atoms with E-state index in [1.54, 1.807) is 0 Å². The molecule has 0 aliphatic carbocycles. The molecule has 0 aliphatic heterocycles. The minimum absolute atomic E-state index is 0. The van der Waals surface area contributed by atoms with Gasteiger partial charge >= 0.3 is 7.91 Å². The first-order valence-electron chi connectivity index (χ1n) is 0.752. The van der Waals surface area contributed by atoms with Gasteiger partial charge < -0.3 is 0 Å². The van der Waals surface area contributed by atoms with E-state index in [2.05, 4.69) is 0 Å². The summed E-state index contributed by atoms with van der Waals surface area (Å²) in [7, 11) is -5.14. The Morgan fingerprint density at radius 3 is 1.43 bits per heavy atom. The van der Waals surface area contributed by atoms with Crippen LogP contribution >= 0.6 is 7.91 Å². The van der Waals surface area contributed by atoms with Gasteiger partial charge in [-0.15, -0.1) is 4.20 Å². The van der Waals surface area contributed by atoms with Gasteiger partial charge in [0.25, 0.3) is 0 Å². The molecule has 0 saturated heterocycles. The van der Waals surface area contributed by atoms with Crippen LogP contribution in [-0.2, 0) is 23.1 Å². The Kier molecular flexibility index (Phi) is 13.1. The van der Waals surface area contributed by atoms with Crippen LogP contribution in [0.15, 0.2) is 0 Å². The van der Waals surface area contributed by atoms with Gasteiger partial charge in [-0.1, -0.05) is 0 Å². The van der Waals surface area contributed by atoms with Crippen LogP contribution in [0, 0.1) is 0 Å². The topological polar surface area (TPSA) is 57.5 Å². The molecule has 0 aliphatic rings. The van der Waals surface area contributed by atoms with E-state index in [9.17, 15) is 4.20 Å². The molecule has 2 radical (unpaired) electrons. The van der Waals surface area contributed by atoms with Crippen LogP contribution in [0.25, 0.3) is 0 Å². The summed E-state index contributed by atoms with van der Waals surface area (Å²) < 4.78 is 19.0. The summed E-state index contributed by atoms with van der Waals surface area (Å²) in [6.45, 7) is 0. The average Bonchev–Trinajstić information content (AvgIpc) is 0.722. The summed E-state index contributed by atoms with van der Waals surface area (Å²) in [6.07, 6.45) is 0. The molecule has 0 fully saturated rings. The Labute approximate surface area is 74.1 Å². The average molecular weight is 174 g/mol. The van der Waals surface area contributed by atoms with Gasteiger partial charge in [0.05, 0.1) is 0 Å². The zero-order valence-corrected chi connectivity index (χ0v) is 7.87. The maximum atomic E-state index is 10.4. The Hall–Kier alpha value is 1.66. The number of rotatable bonds is 0. The molecule has 7 heteroatoms. The Bertz CT molecular complexity index is 61.1. The summed E-state index contributed by atoms with van der Waals surface area (Å²) in [4.78, 5) is 13.9. The van der Waals surface area contributed by atoms with Gasteiger partial charge in [-0.05, 0) is 0 Å². The zero-order valence-electron chi connectivity index (χ0n) is 3.58. The minimum atomic E-state index is -5.14. The Balaban J connectivity index is -0.0000000800. The SMILES string of the molecule is O=P(O)(O)F.[Na].[V]. The molecule has 0 aromatic rings. The van der Waals surface area contributed by atoms with Crippen LogP contribution < -0.4 is 0 Å². The van der Waals surface area contributed by atoms with E-state index in [4.69, 9.17) is 14.4 Å². The monoisotopic (exact) mass is 174 g/mol. The van der Waals surface area contributed by atoms with Gasteiger partial charge in [0, 0.05) is 48.1 Å². The molecule has 0 amide bonds. The number of halogens is 1.